The fraction of sp³-hybridized carbons (Fsp3) is 0.980. The van der Waals surface area contributed by atoms with Gasteiger partial charge in [0.25, 0.3) is 0 Å². The van der Waals surface area contributed by atoms with E-state index in [0.717, 1.165) is 84.5 Å². The first-order valence-corrected chi connectivity index (χ1v) is 26.1. The van der Waals surface area contributed by atoms with E-state index >= 15 is 0 Å². The van der Waals surface area contributed by atoms with Gasteiger partial charge in [-0.05, 0) is 51.5 Å². The highest BCUT2D eigenvalue weighted by Gasteiger charge is 2.25. The van der Waals surface area contributed by atoms with Gasteiger partial charge in [-0.1, -0.05) is 194 Å². The molecule has 0 aromatic carbocycles. The number of hydrogen-bond donors (Lipinski definition) is 1. The van der Waals surface area contributed by atoms with E-state index in [-0.39, 0.29) is 18.7 Å². The molecule has 1 rings (SSSR count). The standard InChI is InChI=1S/C51H102N2O5/c1-4-7-10-13-15-17-18-19-20-21-22-23-24-25-27-32-44-56-48-50(57-45-33-12-9-6-3)47-52(40-41-53(42-43-54)49-36-35-37-49)39-31-29-30-38-51(55)58-46-34-28-26-16-14-11-8-5-2/h49-50,54H,4-48H2,1-3H3. The minimum Gasteiger partial charge on any atom is -0.466 e. The number of ether oxygens (including phenoxy) is 3. The topological polar surface area (TPSA) is 71.5 Å². The Hall–Kier alpha value is -0.730. The highest BCUT2D eigenvalue weighted by atomic mass is 16.5. The lowest BCUT2D eigenvalue weighted by Gasteiger charge is -2.38. The van der Waals surface area contributed by atoms with Gasteiger partial charge in [-0.2, -0.15) is 0 Å². The number of aliphatic hydroxyl groups excluding tert-OH is 1. The van der Waals surface area contributed by atoms with Gasteiger partial charge in [0.05, 0.1) is 25.9 Å². The third-order valence-corrected chi connectivity index (χ3v) is 12.6. The number of carbonyl (C=O) groups excluding carboxylic acids is 1. The van der Waals surface area contributed by atoms with Crippen LogP contribution in [0.3, 0.4) is 0 Å². The van der Waals surface area contributed by atoms with Crippen molar-refractivity contribution in [2.75, 3.05) is 65.8 Å². The Morgan fingerprint density at radius 3 is 1.50 bits per heavy atom. The van der Waals surface area contributed by atoms with Gasteiger partial charge < -0.3 is 19.3 Å². The van der Waals surface area contributed by atoms with Crippen LogP contribution in [0.15, 0.2) is 0 Å². The quantitative estimate of drug-likeness (QED) is 0.0484. The Morgan fingerprint density at radius 1 is 0.534 bits per heavy atom. The molecule has 1 N–H and O–H groups in total. The molecule has 0 aromatic rings. The summed E-state index contributed by atoms with van der Waals surface area (Å²) >= 11 is 0. The predicted molar refractivity (Wildman–Crippen MR) is 249 cm³/mol. The number of hydrogen-bond acceptors (Lipinski definition) is 7. The summed E-state index contributed by atoms with van der Waals surface area (Å²) in [4.78, 5) is 17.5. The molecule has 0 heterocycles. The predicted octanol–water partition coefficient (Wildman–Crippen LogP) is 13.6. The third kappa shape index (κ3) is 36.0. The van der Waals surface area contributed by atoms with Crippen molar-refractivity contribution >= 4 is 5.97 Å². The average molecular weight is 823 g/mol. The summed E-state index contributed by atoms with van der Waals surface area (Å²) in [6, 6.07) is 0.625. The Labute approximate surface area is 362 Å². The number of aliphatic hydroxyl groups is 1. The van der Waals surface area contributed by atoms with Gasteiger partial charge in [0.15, 0.2) is 0 Å². The van der Waals surface area contributed by atoms with Crippen molar-refractivity contribution in [1.29, 1.82) is 0 Å². The molecule has 0 aliphatic heterocycles. The zero-order chi connectivity index (χ0) is 41.8. The molecule has 7 heteroatoms. The average Bonchev–Trinajstić information content (AvgIpc) is 3.20. The molecule has 1 unspecified atom stereocenters. The van der Waals surface area contributed by atoms with E-state index in [9.17, 15) is 9.90 Å². The molecule has 58 heavy (non-hydrogen) atoms. The second-order valence-electron chi connectivity index (χ2n) is 18.1. The van der Waals surface area contributed by atoms with Gasteiger partial charge in [-0.3, -0.25) is 14.6 Å². The summed E-state index contributed by atoms with van der Waals surface area (Å²) in [7, 11) is 0. The minimum atomic E-state index is -0.0297. The van der Waals surface area contributed by atoms with Gasteiger partial charge in [0.1, 0.15) is 0 Å². The largest absolute Gasteiger partial charge is 0.466 e. The van der Waals surface area contributed by atoms with E-state index in [0.29, 0.717) is 25.7 Å². The number of unbranched alkanes of at least 4 members (excludes halogenated alkanes) is 27. The molecule has 0 radical (unpaired) electrons. The maximum atomic E-state index is 12.4. The van der Waals surface area contributed by atoms with Gasteiger partial charge in [0, 0.05) is 51.9 Å². The van der Waals surface area contributed by atoms with Crippen LogP contribution in [0.25, 0.3) is 0 Å². The molecule has 1 saturated carbocycles. The van der Waals surface area contributed by atoms with Crippen LogP contribution < -0.4 is 0 Å². The number of rotatable bonds is 48. The summed E-state index contributed by atoms with van der Waals surface area (Å²) in [6.45, 7) is 14.5. The first kappa shape index (κ1) is 55.3. The normalized spacial score (nSPS) is 13.8. The maximum Gasteiger partial charge on any atom is 0.305 e. The maximum absolute atomic E-state index is 12.4. The summed E-state index contributed by atoms with van der Waals surface area (Å²) in [5, 5.41) is 9.80. The lowest BCUT2D eigenvalue weighted by atomic mass is 9.91. The zero-order valence-electron chi connectivity index (χ0n) is 39.4. The van der Waals surface area contributed by atoms with Crippen LogP contribution >= 0.6 is 0 Å². The van der Waals surface area contributed by atoms with Gasteiger partial charge in [0.2, 0.25) is 0 Å². The smallest absolute Gasteiger partial charge is 0.305 e. The number of carbonyl (C=O) groups is 1. The molecule has 0 bridgehead atoms. The zero-order valence-corrected chi connectivity index (χ0v) is 39.4. The van der Waals surface area contributed by atoms with Crippen molar-refractivity contribution in [2.24, 2.45) is 0 Å². The summed E-state index contributed by atoms with van der Waals surface area (Å²) in [6.07, 6.45) is 44.5. The Kier molecular flexibility index (Phi) is 42.3. The summed E-state index contributed by atoms with van der Waals surface area (Å²) < 4.78 is 18.4. The van der Waals surface area contributed by atoms with E-state index in [1.54, 1.807) is 0 Å². The number of esters is 1. The van der Waals surface area contributed by atoms with Crippen LogP contribution in [0.4, 0.5) is 0 Å². The lowest BCUT2D eigenvalue weighted by Crippen LogP contribution is -2.47. The molecule has 7 nitrogen and oxygen atoms in total. The SMILES string of the molecule is CCCCCCCCCCCCCCCCCCOCC(CN(CCCCCC(=O)OCCCCCCCCCC)CCN(CCO)C1CCC1)OCCCCCC. The second kappa shape index (κ2) is 44.3. The molecule has 1 fully saturated rings. The van der Waals surface area contributed by atoms with E-state index in [2.05, 4.69) is 30.6 Å². The molecular weight excluding hydrogens is 721 g/mol. The van der Waals surface area contributed by atoms with E-state index in [1.165, 1.54) is 180 Å². The van der Waals surface area contributed by atoms with Crippen LogP contribution in [-0.4, -0.2) is 98.8 Å². The van der Waals surface area contributed by atoms with Crippen LogP contribution in [0.1, 0.15) is 245 Å². The van der Waals surface area contributed by atoms with Crippen LogP contribution in [0.5, 0.6) is 0 Å². The van der Waals surface area contributed by atoms with E-state index < -0.39 is 0 Å². The van der Waals surface area contributed by atoms with Crippen molar-refractivity contribution in [2.45, 2.75) is 258 Å². The molecule has 346 valence electrons. The molecule has 0 saturated heterocycles. The van der Waals surface area contributed by atoms with E-state index in [4.69, 9.17) is 14.2 Å². The molecule has 0 aromatic heterocycles. The van der Waals surface area contributed by atoms with Gasteiger partial charge in [-0.25, -0.2) is 0 Å². The van der Waals surface area contributed by atoms with Crippen molar-refractivity contribution < 1.29 is 24.1 Å². The molecular formula is C51H102N2O5. The Morgan fingerprint density at radius 2 is 1.00 bits per heavy atom. The van der Waals surface area contributed by atoms with Crippen molar-refractivity contribution in [1.82, 2.24) is 9.80 Å². The third-order valence-electron chi connectivity index (χ3n) is 12.6. The molecule has 1 aliphatic carbocycles. The van der Waals surface area contributed by atoms with Crippen LogP contribution in [0, 0.1) is 0 Å². The highest BCUT2D eigenvalue weighted by Crippen LogP contribution is 2.24. The highest BCUT2D eigenvalue weighted by molar-refractivity contribution is 5.69. The second-order valence-corrected chi connectivity index (χ2v) is 18.1. The van der Waals surface area contributed by atoms with Crippen molar-refractivity contribution in [3.8, 4) is 0 Å². The summed E-state index contributed by atoms with van der Waals surface area (Å²) in [5.74, 6) is -0.0297. The molecule has 1 aliphatic rings. The van der Waals surface area contributed by atoms with Gasteiger partial charge in [-0.15, -0.1) is 0 Å². The fourth-order valence-corrected chi connectivity index (χ4v) is 8.38. The van der Waals surface area contributed by atoms with E-state index in [1.807, 2.05) is 0 Å². The first-order chi connectivity index (χ1) is 28.6. The first-order valence-electron chi connectivity index (χ1n) is 26.1. The molecule has 1 atom stereocenters. The number of nitrogens with zero attached hydrogens (tertiary/aromatic N) is 2. The van der Waals surface area contributed by atoms with Crippen LogP contribution in [0.2, 0.25) is 0 Å². The van der Waals surface area contributed by atoms with Gasteiger partial charge >= 0.3 is 5.97 Å². The Balaban J connectivity index is 2.42. The fourth-order valence-electron chi connectivity index (χ4n) is 8.38. The summed E-state index contributed by atoms with van der Waals surface area (Å²) in [5.41, 5.74) is 0. The molecule has 0 amide bonds. The molecule has 0 spiro atoms. The lowest BCUT2D eigenvalue weighted by molar-refractivity contribution is -0.143. The minimum absolute atomic E-state index is 0.0297. The van der Waals surface area contributed by atoms with Crippen LogP contribution in [-0.2, 0) is 19.0 Å². The van der Waals surface area contributed by atoms with Crippen molar-refractivity contribution in [3.05, 3.63) is 0 Å². The Bertz CT molecular complexity index is 827. The van der Waals surface area contributed by atoms with Crippen molar-refractivity contribution in [3.63, 3.8) is 0 Å². The monoisotopic (exact) mass is 823 g/mol.